The Labute approximate surface area is 258 Å². The van der Waals surface area contributed by atoms with E-state index in [2.05, 4.69) is 113 Å². The van der Waals surface area contributed by atoms with Crippen LogP contribution in [0.5, 0.6) is 11.5 Å². The Morgan fingerprint density at radius 2 is 0.864 bits per heavy atom. The highest BCUT2D eigenvalue weighted by atomic mass is 16.5. The van der Waals surface area contributed by atoms with Crippen LogP contribution in [-0.4, -0.2) is 39.6 Å². The zero-order valence-electron chi connectivity index (χ0n) is 26.0. The van der Waals surface area contributed by atoms with Gasteiger partial charge in [-0.2, -0.15) is 0 Å². The lowest BCUT2D eigenvalue weighted by molar-refractivity contribution is -0.120. The molecule has 4 nitrogen and oxygen atoms in total. The van der Waals surface area contributed by atoms with Gasteiger partial charge in [-0.05, 0) is 58.7 Å². The van der Waals surface area contributed by atoms with Gasteiger partial charge in [0, 0.05) is 32.4 Å². The normalized spacial score (nSPS) is 17.1. The molecule has 222 valence electrons. The number of benzene rings is 6. The number of hydrogen-bond acceptors (Lipinski definition) is 4. The third-order valence-electron chi connectivity index (χ3n) is 9.44. The summed E-state index contributed by atoms with van der Waals surface area (Å²) >= 11 is 0. The van der Waals surface area contributed by atoms with Gasteiger partial charge in [0.1, 0.15) is 11.5 Å². The van der Waals surface area contributed by atoms with Crippen molar-refractivity contribution in [1.29, 1.82) is 0 Å². The Morgan fingerprint density at radius 3 is 1.23 bits per heavy atom. The molecule has 0 aliphatic carbocycles. The van der Waals surface area contributed by atoms with Gasteiger partial charge in [0.25, 0.3) is 0 Å². The van der Waals surface area contributed by atoms with Gasteiger partial charge in [0.2, 0.25) is 0 Å². The van der Waals surface area contributed by atoms with Crippen LogP contribution >= 0.6 is 0 Å². The SMILES string of the molecule is Cc1ccc2c(-c3c4ccccc4c(OCC4(C)COC4)c4cc(C)ccc34)c3ccccc3c(OCC3(C)COC3)c2c1. The standard InChI is InChI=1S/C40H38O4/c1-25-13-15-29-33(17-25)37(43-23-39(3)19-41-20-39)31-11-7-5-9-27(31)35(29)36-28-10-6-8-12-32(28)38(44-24-40(4)21-42-22-40)34-18-26(2)14-16-30(34)36/h5-18H,19-24H2,1-4H3. The van der Waals surface area contributed by atoms with Crippen LogP contribution in [-0.2, 0) is 9.47 Å². The fourth-order valence-corrected chi connectivity index (χ4v) is 6.92. The van der Waals surface area contributed by atoms with Crippen LogP contribution in [0.3, 0.4) is 0 Å². The van der Waals surface area contributed by atoms with Crippen molar-refractivity contribution < 1.29 is 18.9 Å². The van der Waals surface area contributed by atoms with E-state index in [1.54, 1.807) is 0 Å². The first kappa shape index (κ1) is 27.4. The van der Waals surface area contributed by atoms with Gasteiger partial charge in [-0.3, -0.25) is 0 Å². The predicted octanol–water partition coefficient (Wildman–Crippen LogP) is 9.41. The van der Waals surface area contributed by atoms with Crippen molar-refractivity contribution >= 4 is 43.1 Å². The van der Waals surface area contributed by atoms with E-state index in [0.717, 1.165) is 59.5 Å². The second kappa shape index (κ2) is 10.2. The maximum absolute atomic E-state index is 6.76. The van der Waals surface area contributed by atoms with Crippen LogP contribution in [0.2, 0.25) is 0 Å². The summed E-state index contributed by atoms with van der Waals surface area (Å²) in [6.45, 7) is 13.0. The van der Waals surface area contributed by atoms with Crippen LogP contribution in [0.1, 0.15) is 25.0 Å². The van der Waals surface area contributed by atoms with Gasteiger partial charge >= 0.3 is 0 Å². The van der Waals surface area contributed by atoms with Gasteiger partial charge in [-0.15, -0.1) is 0 Å². The van der Waals surface area contributed by atoms with Crippen LogP contribution < -0.4 is 9.47 Å². The van der Waals surface area contributed by atoms with E-state index in [0.29, 0.717) is 13.2 Å². The number of aryl methyl sites for hydroxylation is 2. The number of ether oxygens (including phenoxy) is 4. The van der Waals surface area contributed by atoms with Crippen molar-refractivity contribution in [1.82, 2.24) is 0 Å². The smallest absolute Gasteiger partial charge is 0.135 e. The average Bonchev–Trinajstić information content (AvgIpc) is 3.00. The zero-order chi connectivity index (χ0) is 30.1. The van der Waals surface area contributed by atoms with E-state index < -0.39 is 0 Å². The first-order valence-electron chi connectivity index (χ1n) is 15.6. The Hall–Kier alpha value is -4.12. The summed E-state index contributed by atoms with van der Waals surface area (Å²) in [4.78, 5) is 0. The van der Waals surface area contributed by atoms with Gasteiger partial charge < -0.3 is 18.9 Å². The van der Waals surface area contributed by atoms with Crippen LogP contribution in [0.25, 0.3) is 54.2 Å². The Kier molecular flexibility index (Phi) is 6.37. The second-order valence-corrected chi connectivity index (χ2v) is 13.8. The lowest BCUT2D eigenvalue weighted by Crippen LogP contribution is -2.44. The predicted molar refractivity (Wildman–Crippen MR) is 180 cm³/mol. The summed E-state index contributed by atoms with van der Waals surface area (Å²) in [5.41, 5.74) is 4.97. The molecule has 0 spiro atoms. The molecule has 0 aromatic heterocycles. The third kappa shape index (κ3) is 4.43. The van der Waals surface area contributed by atoms with Crippen molar-refractivity contribution in [3.8, 4) is 22.6 Å². The molecule has 6 aromatic carbocycles. The highest BCUT2D eigenvalue weighted by Crippen LogP contribution is 2.50. The van der Waals surface area contributed by atoms with E-state index in [4.69, 9.17) is 18.9 Å². The lowest BCUT2D eigenvalue weighted by Gasteiger charge is -2.38. The summed E-state index contributed by atoms with van der Waals surface area (Å²) in [6.07, 6.45) is 0. The molecule has 0 amide bonds. The van der Waals surface area contributed by atoms with Crippen molar-refractivity contribution in [2.24, 2.45) is 10.8 Å². The molecule has 0 atom stereocenters. The molecule has 6 aromatic rings. The number of hydrogen-bond donors (Lipinski definition) is 0. The zero-order valence-corrected chi connectivity index (χ0v) is 26.0. The van der Waals surface area contributed by atoms with Crippen LogP contribution in [0.15, 0.2) is 84.9 Å². The molecule has 44 heavy (non-hydrogen) atoms. The molecule has 8 rings (SSSR count). The molecule has 4 heteroatoms. The van der Waals surface area contributed by atoms with E-state index >= 15 is 0 Å². The number of rotatable bonds is 7. The first-order valence-corrected chi connectivity index (χ1v) is 15.6. The quantitative estimate of drug-likeness (QED) is 0.176. The molecule has 0 bridgehead atoms. The molecular formula is C40H38O4. The minimum absolute atomic E-state index is 0.0404. The van der Waals surface area contributed by atoms with E-state index in [1.807, 2.05) is 0 Å². The van der Waals surface area contributed by atoms with Gasteiger partial charge in [-0.1, -0.05) is 97.8 Å². The minimum Gasteiger partial charge on any atom is -0.492 e. The minimum atomic E-state index is 0.0404. The molecule has 2 fully saturated rings. The molecule has 0 saturated carbocycles. The molecule has 0 radical (unpaired) electrons. The first-order chi connectivity index (χ1) is 21.3. The van der Waals surface area contributed by atoms with Gasteiger partial charge in [-0.25, -0.2) is 0 Å². The Balaban J connectivity index is 1.44. The molecule has 0 N–H and O–H groups in total. The highest BCUT2D eigenvalue weighted by Gasteiger charge is 2.36. The second-order valence-electron chi connectivity index (χ2n) is 13.8. The van der Waals surface area contributed by atoms with Gasteiger partial charge in [0.15, 0.2) is 0 Å². The van der Waals surface area contributed by atoms with E-state index in [1.165, 1.54) is 43.8 Å². The fourth-order valence-electron chi connectivity index (χ4n) is 6.92. The monoisotopic (exact) mass is 582 g/mol. The summed E-state index contributed by atoms with van der Waals surface area (Å²) in [5, 5.41) is 9.31. The molecule has 2 aliphatic heterocycles. The lowest BCUT2D eigenvalue weighted by atomic mass is 9.84. The molecular weight excluding hydrogens is 544 g/mol. The largest absolute Gasteiger partial charge is 0.492 e. The van der Waals surface area contributed by atoms with Crippen molar-refractivity contribution in [3.05, 3.63) is 96.1 Å². The summed E-state index contributed by atoms with van der Waals surface area (Å²) in [7, 11) is 0. The Morgan fingerprint density at radius 1 is 0.500 bits per heavy atom. The molecule has 2 saturated heterocycles. The van der Waals surface area contributed by atoms with Crippen molar-refractivity contribution in [3.63, 3.8) is 0 Å². The van der Waals surface area contributed by atoms with Crippen LogP contribution in [0.4, 0.5) is 0 Å². The van der Waals surface area contributed by atoms with Crippen molar-refractivity contribution in [2.45, 2.75) is 27.7 Å². The molecule has 2 heterocycles. The van der Waals surface area contributed by atoms with E-state index in [9.17, 15) is 0 Å². The maximum Gasteiger partial charge on any atom is 0.135 e. The number of fused-ring (bicyclic) bond motifs is 4. The Bertz CT molecular complexity index is 1930. The van der Waals surface area contributed by atoms with Crippen LogP contribution in [0, 0.1) is 24.7 Å². The highest BCUT2D eigenvalue weighted by molar-refractivity contribution is 6.26. The maximum atomic E-state index is 6.76. The average molecular weight is 583 g/mol. The third-order valence-corrected chi connectivity index (χ3v) is 9.44. The summed E-state index contributed by atoms with van der Waals surface area (Å²) in [5.74, 6) is 1.91. The van der Waals surface area contributed by atoms with Crippen molar-refractivity contribution in [2.75, 3.05) is 39.6 Å². The summed E-state index contributed by atoms with van der Waals surface area (Å²) < 4.78 is 24.6. The summed E-state index contributed by atoms with van der Waals surface area (Å²) in [6, 6.07) is 31.0. The fraction of sp³-hybridized carbons (Fsp3) is 0.300. The van der Waals surface area contributed by atoms with Gasteiger partial charge in [0.05, 0.1) is 39.6 Å². The molecule has 0 unspecified atom stereocenters. The topological polar surface area (TPSA) is 36.9 Å². The van der Waals surface area contributed by atoms with E-state index in [-0.39, 0.29) is 10.8 Å². The molecule has 2 aliphatic rings.